The average molecular weight is 202 g/mol. The lowest BCUT2D eigenvalue weighted by atomic mass is 10.2. The molecule has 0 N–H and O–H groups in total. The van der Waals surface area contributed by atoms with Crippen molar-refractivity contribution in [1.29, 1.82) is 0 Å². The standard InChI is InChI=1S/C13H18Si/c1-5-11-14(3,4)13-10-8-7-9-12(13)6-2/h5-10H,1-2,11H2,3-4H3. The maximum absolute atomic E-state index is 3.86. The second-order valence-corrected chi connectivity index (χ2v) is 8.88. The molecule has 0 saturated heterocycles. The van der Waals surface area contributed by atoms with Gasteiger partial charge in [-0.3, -0.25) is 0 Å². The summed E-state index contributed by atoms with van der Waals surface area (Å²) in [6, 6.07) is 9.67. The SMILES string of the molecule is C=CC[Si](C)(C)c1ccccc1C=C. The first-order valence-electron chi connectivity index (χ1n) is 4.94. The van der Waals surface area contributed by atoms with Gasteiger partial charge in [0.2, 0.25) is 0 Å². The van der Waals surface area contributed by atoms with Crippen molar-refractivity contribution in [3.8, 4) is 0 Å². The van der Waals surface area contributed by atoms with Crippen LogP contribution in [0.4, 0.5) is 0 Å². The molecule has 1 aromatic carbocycles. The molecule has 1 aromatic rings. The molecule has 0 amide bonds. The number of benzene rings is 1. The molecule has 0 radical (unpaired) electrons. The highest BCUT2D eigenvalue weighted by molar-refractivity contribution is 6.90. The van der Waals surface area contributed by atoms with Gasteiger partial charge in [0.25, 0.3) is 0 Å². The molecule has 1 heteroatoms. The van der Waals surface area contributed by atoms with Crippen LogP contribution in [0.1, 0.15) is 5.56 Å². The highest BCUT2D eigenvalue weighted by atomic mass is 28.3. The van der Waals surface area contributed by atoms with Crippen LogP contribution in [0.2, 0.25) is 19.1 Å². The van der Waals surface area contributed by atoms with Crippen molar-refractivity contribution in [3.63, 3.8) is 0 Å². The van der Waals surface area contributed by atoms with Crippen LogP contribution >= 0.6 is 0 Å². The fraction of sp³-hybridized carbons (Fsp3) is 0.231. The molecule has 0 spiro atoms. The van der Waals surface area contributed by atoms with Gasteiger partial charge in [0.05, 0.1) is 8.07 Å². The summed E-state index contributed by atoms with van der Waals surface area (Å²) >= 11 is 0. The Kier molecular flexibility index (Phi) is 3.47. The van der Waals surface area contributed by atoms with E-state index in [1.807, 2.05) is 12.2 Å². The van der Waals surface area contributed by atoms with Crippen molar-refractivity contribution in [2.75, 3.05) is 0 Å². The molecule has 0 saturated carbocycles. The molecule has 0 aliphatic heterocycles. The average Bonchev–Trinajstić information content (AvgIpc) is 2.18. The molecule has 0 atom stereocenters. The van der Waals surface area contributed by atoms with E-state index in [2.05, 4.69) is 50.5 Å². The van der Waals surface area contributed by atoms with E-state index in [1.165, 1.54) is 10.8 Å². The predicted octanol–water partition coefficient (Wildman–Crippen LogP) is 3.43. The minimum atomic E-state index is -1.33. The zero-order chi connectivity index (χ0) is 10.6. The Morgan fingerprint density at radius 3 is 2.43 bits per heavy atom. The molecule has 0 heterocycles. The molecule has 1 rings (SSSR count). The molecule has 0 bridgehead atoms. The summed E-state index contributed by atoms with van der Waals surface area (Å²) in [5, 5.41) is 1.48. The van der Waals surface area contributed by atoms with Crippen molar-refractivity contribution in [2.24, 2.45) is 0 Å². The van der Waals surface area contributed by atoms with Gasteiger partial charge in [-0.05, 0) is 11.6 Å². The van der Waals surface area contributed by atoms with Gasteiger partial charge in [-0.25, -0.2) is 0 Å². The van der Waals surface area contributed by atoms with Gasteiger partial charge in [-0.15, -0.1) is 6.58 Å². The van der Waals surface area contributed by atoms with Crippen LogP contribution in [-0.4, -0.2) is 8.07 Å². The van der Waals surface area contributed by atoms with Crippen molar-refractivity contribution in [3.05, 3.63) is 49.1 Å². The normalized spacial score (nSPS) is 11.0. The van der Waals surface area contributed by atoms with Gasteiger partial charge in [-0.1, -0.05) is 61.3 Å². The summed E-state index contributed by atoms with van der Waals surface area (Å²) in [5.74, 6) is 0. The number of hydrogen-bond acceptors (Lipinski definition) is 0. The Morgan fingerprint density at radius 1 is 1.21 bits per heavy atom. The Bertz CT molecular complexity index is 337. The lowest BCUT2D eigenvalue weighted by molar-refractivity contribution is 1.53. The van der Waals surface area contributed by atoms with Gasteiger partial charge in [0.1, 0.15) is 0 Å². The van der Waals surface area contributed by atoms with Crippen LogP contribution in [0.15, 0.2) is 43.5 Å². The zero-order valence-electron chi connectivity index (χ0n) is 9.09. The minimum absolute atomic E-state index is 1.12. The van der Waals surface area contributed by atoms with Gasteiger partial charge in [0.15, 0.2) is 0 Å². The fourth-order valence-electron chi connectivity index (χ4n) is 1.76. The zero-order valence-corrected chi connectivity index (χ0v) is 10.1. The molecular formula is C13H18Si. The van der Waals surface area contributed by atoms with E-state index in [4.69, 9.17) is 0 Å². The van der Waals surface area contributed by atoms with Gasteiger partial charge in [-0.2, -0.15) is 0 Å². The van der Waals surface area contributed by atoms with Crippen LogP contribution < -0.4 is 5.19 Å². The maximum Gasteiger partial charge on any atom is 0.0850 e. The van der Waals surface area contributed by atoms with E-state index in [-0.39, 0.29) is 0 Å². The second kappa shape index (κ2) is 4.42. The van der Waals surface area contributed by atoms with Crippen LogP contribution in [-0.2, 0) is 0 Å². The molecule has 14 heavy (non-hydrogen) atoms. The van der Waals surface area contributed by atoms with Crippen molar-refractivity contribution < 1.29 is 0 Å². The van der Waals surface area contributed by atoms with Gasteiger partial charge >= 0.3 is 0 Å². The number of rotatable bonds is 4. The third-order valence-electron chi connectivity index (χ3n) is 2.56. The second-order valence-electron chi connectivity index (χ2n) is 4.17. The summed E-state index contributed by atoms with van der Waals surface area (Å²) < 4.78 is 0. The third-order valence-corrected chi connectivity index (χ3v) is 5.79. The predicted molar refractivity (Wildman–Crippen MR) is 68.7 cm³/mol. The van der Waals surface area contributed by atoms with Gasteiger partial charge < -0.3 is 0 Å². The van der Waals surface area contributed by atoms with Crippen molar-refractivity contribution in [1.82, 2.24) is 0 Å². The lowest BCUT2D eigenvalue weighted by Crippen LogP contribution is -2.42. The Balaban J connectivity index is 3.16. The van der Waals surface area contributed by atoms with E-state index in [1.54, 1.807) is 0 Å². The first kappa shape index (κ1) is 11.0. The summed E-state index contributed by atoms with van der Waals surface area (Å²) in [6.07, 6.45) is 3.99. The summed E-state index contributed by atoms with van der Waals surface area (Å²) in [4.78, 5) is 0. The van der Waals surface area contributed by atoms with Gasteiger partial charge in [0, 0.05) is 0 Å². The molecule has 0 aliphatic rings. The van der Waals surface area contributed by atoms with E-state index >= 15 is 0 Å². The van der Waals surface area contributed by atoms with Crippen molar-refractivity contribution >= 4 is 19.3 Å². The largest absolute Gasteiger partial charge is 0.103 e. The summed E-state index contributed by atoms with van der Waals surface area (Å²) in [5.41, 5.74) is 1.28. The first-order valence-corrected chi connectivity index (χ1v) is 8.15. The molecule has 0 aliphatic carbocycles. The van der Waals surface area contributed by atoms with Crippen LogP contribution in [0.5, 0.6) is 0 Å². The molecule has 0 nitrogen and oxygen atoms in total. The number of hydrogen-bond donors (Lipinski definition) is 0. The van der Waals surface area contributed by atoms with Crippen LogP contribution in [0.3, 0.4) is 0 Å². The Morgan fingerprint density at radius 2 is 1.86 bits per heavy atom. The molecule has 74 valence electrons. The van der Waals surface area contributed by atoms with Crippen LogP contribution in [0, 0.1) is 0 Å². The lowest BCUT2D eigenvalue weighted by Gasteiger charge is -2.23. The summed E-state index contributed by atoms with van der Waals surface area (Å²) in [7, 11) is -1.33. The molecule has 0 aromatic heterocycles. The molecule has 0 fully saturated rings. The third kappa shape index (κ3) is 2.24. The number of allylic oxidation sites excluding steroid dienone is 1. The highest BCUT2D eigenvalue weighted by Crippen LogP contribution is 2.13. The van der Waals surface area contributed by atoms with E-state index < -0.39 is 8.07 Å². The fourth-order valence-corrected chi connectivity index (χ4v) is 4.22. The summed E-state index contributed by atoms with van der Waals surface area (Å²) in [6.45, 7) is 12.4. The quantitative estimate of drug-likeness (QED) is 0.518. The Hall–Kier alpha value is -1.08. The smallest absolute Gasteiger partial charge is 0.0850 e. The monoisotopic (exact) mass is 202 g/mol. The molecular weight excluding hydrogens is 184 g/mol. The highest BCUT2D eigenvalue weighted by Gasteiger charge is 2.23. The topological polar surface area (TPSA) is 0 Å². The minimum Gasteiger partial charge on any atom is -0.103 e. The van der Waals surface area contributed by atoms with E-state index in [0.717, 1.165) is 6.04 Å². The van der Waals surface area contributed by atoms with E-state index in [0.29, 0.717) is 0 Å². The first-order chi connectivity index (χ1) is 6.61. The van der Waals surface area contributed by atoms with E-state index in [9.17, 15) is 0 Å². The maximum atomic E-state index is 3.86. The Labute approximate surface area is 88.0 Å². The molecule has 0 unspecified atom stereocenters. The van der Waals surface area contributed by atoms with Crippen molar-refractivity contribution in [2.45, 2.75) is 19.1 Å². The van der Waals surface area contributed by atoms with Crippen LogP contribution in [0.25, 0.3) is 6.08 Å².